The third-order valence-corrected chi connectivity index (χ3v) is 5.59. The van der Waals surface area contributed by atoms with Crippen molar-refractivity contribution in [3.63, 3.8) is 0 Å². The first kappa shape index (κ1) is 14.2. The molecule has 1 atom stereocenters. The molecule has 6 nitrogen and oxygen atoms in total. The van der Waals surface area contributed by atoms with E-state index in [4.69, 9.17) is 5.73 Å². The van der Waals surface area contributed by atoms with E-state index in [2.05, 4.69) is 5.10 Å². The van der Waals surface area contributed by atoms with Crippen molar-refractivity contribution < 1.29 is 8.42 Å². The summed E-state index contributed by atoms with van der Waals surface area (Å²) >= 11 is 0. The number of nitrogens with two attached hydrogens (primary N) is 1. The van der Waals surface area contributed by atoms with Crippen LogP contribution in [0.15, 0.2) is 4.79 Å². The van der Waals surface area contributed by atoms with Gasteiger partial charge < -0.3 is 5.73 Å². The van der Waals surface area contributed by atoms with Crippen LogP contribution >= 0.6 is 0 Å². The van der Waals surface area contributed by atoms with Crippen LogP contribution < -0.4 is 11.3 Å². The fraction of sp³-hybridized carbons (Fsp3) is 0.750. The van der Waals surface area contributed by atoms with Gasteiger partial charge in [0.2, 0.25) is 0 Å². The van der Waals surface area contributed by atoms with Gasteiger partial charge in [0.05, 0.1) is 22.7 Å². The number of nitrogens with zero attached hydrogens (tertiary/aromatic N) is 1. The van der Waals surface area contributed by atoms with Gasteiger partial charge in [-0.05, 0) is 13.3 Å². The third-order valence-electron chi connectivity index (χ3n) is 3.70. The van der Waals surface area contributed by atoms with Gasteiger partial charge in [-0.15, -0.1) is 0 Å². The maximum absolute atomic E-state index is 12.3. The van der Waals surface area contributed by atoms with E-state index in [9.17, 15) is 13.2 Å². The Morgan fingerprint density at radius 1 is 1.37 bits per heavy atom. The number of aromatic nitrogens is 2. The number of hydrogen-bond donors (Lipinski definition) is 2. The molecule has 2 heterocycles. The lowest BCUT2D eigenvalue weighted by Gasteiger charge is -2.24. The van der Waals surface area contributed by atoms with Crippen LogP contribution in [0.3, 0.4) is 0 Å². The highest BCUT2D eigenvalue weighted by Crippen LogP contribution is 2.31. The number of hydrogen-bond acceptors (Lipinski definition) is 4. The van der Waals surface area contributed by atoms with Crippen LogP contribution in [0.1, 0.15) is 39.8 Å². The fourth-order valence-corrected chi connectivity index (χ4v) is 4.69. The van der Waals surface area contributed by atoms with E-state index in [-0.39, 0.29) is 28.2 Å². The molecule has 7 heteroatoms. The average molecular weight is 287 g/mol. The van der Waals surface area contributed by atoms with Gasteiger partial charge in [-0.3, -0.25) is 9.89 Å². The molecular formula is C12H21N3O3S. The van der Waals surface area contributed by atoms with Gasteiger partial charge in [-0.2, -0.15) is 0 Å². The molecule has 3 N–H and O–H groups in total. The molecule has 0 radical (unpaired) electrons. The van der Waals surface area contributed by atoms with E-state index in [0.29, 0.717) is 12.1 Å². The average Bonchev–Trinajstić information content (AvgIpc) is 2.67. The minimum atomic E-state index is -3.08. The van der Waals surface area contributed by atoms with Gasteiger partial charge in [0.1, 0.15) is 5.69 Å². The molecule has 0 saturated carbocycles. The zero-order chi connectivity index (χ0) is 14.6. The van der Waals surface area contributed by atoms with E-state index in [1.807, 2.05) is 20.8 Å². The zero-order valence-corrected chi connectivity index (χ0v) is 12.6. The minimum Gasteiger partial charge on any atom is -0.393 e. The van der Waals surface area contributed by atoms with Gasteiger partial charge in [-0.25, -0.2) is 13.1 Å². The Kier molecular flexibility index (Phi) is 2.89. The van der Waals surface area contributed by atoms with E-state index in [0.717, 1.165) is 0 Å². The molecule has 2 rings (SSSR count). The van der Waals surface area contributed by atoms with E-state index >= 15 is 0 Å². The smallest absolute Gasteiger partial charge is 0.290 e. The third kappa shape index (κ3) is 2.31. The second kappa shape index (κ2) is 3.88. The Morgan fingerprint density at radius 2 is 1.95 bits per heavy atom. The lowest BCUT2D eigenvalue weighted by molar-refractivity contribution is 0.314. The van der Waals surface area contributed by atoms with Gasteiger partial charge >= 0.3 is 0 Å². The predicted molar refractivity (Wildman–Crippen MR) is 75.1 cm³/mol. The van der Waals surface area contributed by atoms with E-state index in [1.54, 1.807) is 6.92 Å². The van der Waals surface area contributed by atoms with Crippen LogP contribution in [0, 0.1) is 0 Å². The summed E-state index contributed by atoms with van der Waals surface area (Å²) in [4.78, 5) is 12.3. The molecule has 0 aromatic carbocycles. The Morgan fingerprint density at radius 3 is 2.32 bits per heavy atom. The summed E-state index contributed by atoms with van der Waals surface area (Å²) in [5.41, 5.74) is 5.36. The summed E-state index contributed by atoms with van der Waals surface area (Å²) in [5, 5.41) is 3.02. The SMILES string of the molecule is CC(C)(C)c1[nH]n(C2(C)CCS(=O)(=O)C2)c(=O)c1N. The number of aromatic amines is 1. The Labute approximate surface area is 112 Å². The molecule has 1 aromatic heterocycles. The molecule has 0 bridgehead atoms. The van der Waals surface area contributed by atoms with Crippen molar-refractivity contribution in [2.24, 2.45) is 0 Å². The lowest BCUT2D eigenvalue weighted by atomic mass is 9.91. The van der Waals surface area contributed by atoms with E-state index < -0.39 is 15.4 Å². The number of H-pyrrole nitrogens is 1. The molecule has 0 spiro atoms. The second-order valence-corrected chi connectivity index (χ2v) is 8.81. The van der Waals surface area contributed by atoms with Crippen LogP contribution in [0.5, 0.6) is 0 Å². The first-order valence-electron chi connectivity index (χ1n) is 6.28. The van der Waals surface area contributed by atoms with Crippen molar-refractivity contribution in [1.82, 2.24) is 9.78 Å². The Hall–Kier alpha value is -1.24. The van der Waals surface area contributed by atoms with Crippen LogP contribution in [-0.4, -0.2) is 29.7 Å². The molecule has 1 fully saturated rings. The van der Waals surface area contributed by atoms with Gasteiger partial charge in [0, 0.05) is 5.41 Å². The zero-order valence-electron chi connectivity index (χ0n) is 11.8. The number of sulfone groups is 1. The van der Waals surface area contributed by atoms with Gasteiger partial charge in [-0.1, -0.05) is 20.8 Å². The van der Waals surface area contributed by atoms with Crippen LogP contribution in [-0.2, 0) is 20.8 Å². The number of nitrogen functional groups attached to an aromatic ring is 1. The quantitative estimate of drug-likeness (QED) is 0.789. The summed E-state index contributed by atoms with van der Waals surface area (Å²) in [6.07, 6.45) is 0.429. The minimum absolute atomic E-state index is 0.0244. The van der Waals surface area contributed by atoms with Gasteiger partial charge in [0.25, 0.3) is 5.56 Å². The predicted octanol–water partition coefficient (Wildman–Crippen LogP) is 0.590. The molecule has 108 valence electrons. The van der Waals surface area contributed by atoms with Crippen LogP contribution in [0.25, 0.3) is 0 Å². The normalized spacial score (nSPS) is 26.7. The molecule has 1 aliphatic rings. The Balaban J connectivity index is 2.57. The summed E-state index contributed by atoms with van der Waals surface area (Å²) < 4.78 is 24.7. The van der Waals surface area contributed by atoms with E-state index in [1.165, 1.54) is 4.68 Å². The van der Waals surface area contributed by atoms with Crippen molar-refractivity contribution in [3.8, 4) is 0 Å². The first-order valence-corrected chi connectivity index (χ1v) is 8.10. The highest BCUT2D eigenvalue weighted by Gasteiger charge is 2.42. The van der Waals surface area contributed by atoms with Crippen LogP contribution in [0.4, 0.5) is 5.69 Å². The molecule has 1 aliphatic heterocycles. The van der Waals surface area contributed by atoms with Crippen molar-refractivity contribution in [2.75, 3.05) is 17.2 Å². The topological polar surface area (TPSA) is 98.0 Å². The molecule has 1 saturated heterocycles. The van der Waals surface area contributed by atoms with Crippen LogP contribution in [0.2, 0.25) is 0 Å². The lowest BCUT2D eigenvalue weighted by Crippen LogP contribution is -2.39. The number of nitrogens with one attached hydrogen (secondary N) is 1. The maximum Gasteiger partial charge on any atom is 0.290 e. The van der Waals surface area contributed by atoms with Crippen molar-refractivity contribution >= 4 is 15.5 Å². The van der Waals surface area contributed by atoms with Crippen molar-refractivity contribution in [1.29, 1.82) is 0 Å². The highest BCUT2D eigenvalue weighted by molar-refractivity contribution is 7.91. The number of anilines is 1. The summed E-state index contributed by atoms with van der Waals surface area (Å²) in [6, 6.07) is 0. The molecular weight excluding hydrogens is 266 g/mol. The molecule has 1 aromatic rings. The maximum atomic E-state index is 12.3. The molecule has 19 heavy (non-hydrogen) atoms. The standard InChI is InChI=1S/C12H21N3O3S/c1-11(2,3)9-8(13)10(16)15(14-9)12(4)5-6-19(17,18)7-12/h14H,5-7,13H2,1-4H3. The largest absolute Gasteiger partial charge is 0.393 e. The van der Waals surface area contributed by atoms with Crippen molar-refractivity contribution in [2.45, 2.75) is 45.1 Å². The highest BCUT2D eigenvalue weighted by atomic mass is 32.2. The van der Waals surface area contributed by atoms with Gasteiger partial charge in [0.15, 0.2) is 9.84 Å². The van der Waals surface area contributed by atoms with Crippen molar-refractivity contribution in [3.05, 3.63) is 16.0 Å². The summed E-state index contributed by atoms with van der Waals surface area (Å²) in [6.45, 7) is 7.63. The molecule has 0 aliphatic carbocycles. The Bertz CT molecular complexity index is 663. The summed E-state index contributed by atoms with van der Waals surface area (Å²) in [5.74, 6) is 0.0865. The second-order valence-electron chi connectivity index (χ2n) is 6.63. The molecule has 0 amide bonds. The number of rotatable bonds is 1. The first-order chi connectivity index (χ1) is 8.46. The molecule has 1 unspecified atom stereocenters. The fourth-order valence-electron chi connectivity index (χ4n) is 2.57. The monoisotopic (exact) mass is 287 g/mol. The summed E-state index contributed by atoms with van der Waals surface area (Å²) in [7, 11) is -3.08.